The van der Waals surface area contributed by atoms with Crippen molar-refractivity contribution in [3.05, 3.63) is 58.9 Å². The zero-order chi connectivity index (χ0) is 13.2. The third-order valence-corrected chi connectivity index (χ3v) is 3.16. The van der Waals surface area contributed by atoms with Crippen LogP contribution >= 0.6 is 11.6 Å². The molecule has 0 aliphatic carbocycles. The Morgan fingerprint density at radius 3 is 2.74 bits per heavy atom. The van der Waals surface area contributed by atoms with Crippen molar-refractivity contribution in [2.24, 2.45) is 0 Å². The van der Waals surface area contributed by atoms with Crippen LogP contribution in [0.15, 0.2) is 42.7 Å². The molecule has 1 aromatic carbocycles. The summed E-state index contributed by atoms with van der Waals surface area (Å²) in [4.78, 5) is 7.22. The van der Waals surface area contributed by atoms with E-state index in [1.54, 1.807) is 30.6 Å². The fraction of sp³-hybridized carbons (Fsp3) is 0. The SMILES string of the molecule is Oc1ccccc1C#Cc1cnc2[nH]ccc2c1Cl. The van der Waals surface area contributed by atoms with Crippen molar-refractivity contribution in [3.63, 3.8) is 0 Å². The van der Waals surface area contributed by atoms with Crippen LogP contribution in [0.5, 0.6) is 5.75 Å². The maximum atomic E-state index is 9.64. The van der Waals surface area contributed by atoms with Gasteiger partial charge in [0.15, 0.2) is 0 Å². The number of aromatic nitrogens is 2. The number of hydrogen-bond donors (Lipinski definition) is 2. The molecule has 2 N–H and O–H groups in total. The van der Waals surface area contributed by atoms with Crippen molar-refractivity contribution in [3.8, 4) is 17.6 Å². The number of H-pyrrole nitrogens is 1. The smallest absolute Gasteiger partial charge is 0.138 e. The van der Waals surface area contributed by atoms with Crippen molar-refractivity contribution < 1.29 is 5.11 Å². The van der Waals surface area contributed by atoms with Gasteiger partial charge in [0.25, 0.3) is 0 Å². The first-order valence-corrected chi connectivity index (χ1v) is 6.05. The first kappa shape index (κ1) is 11.6. The molecule has 0 unspecified atom stereocenters. The summed E-state index contributed by atoms with van der Waals surface area (Å²) < 4.78 is 0. The number of phenolic OH excluding ortho intramolecular Hbond substituents is 1. The number of phenols is 1. The Bertz CT molecular complexity index is 812. The molecule has 0 spiro atoms. The number of aromatic amines is 1. The third-order valence-electron chi connectivity index (χ3n) is 2.76. The summed E-state index contributed by atoms with van der Waals surface area (Å²) in [6.07, 6.45) is 3.40. The first-order valence-electron chi connectivity index (χ1n) is 5.67. The maximum Gasteiger partial charge on any atom is 0.138 e. The van der Waals surface area contributed by atoms with E-state index in [1.165, 1.54) is 0 Å². The van der Waals surface area contributed by atoms with Gasteiger partial charge in [0, 0.05) is 17.8 Å². The zero-order valence-corrected chi connectivity index (χ0v) is 10.6. The molecule has 0 aliphatic rings. The topological polar surface area (TPSA) is 48.9 Å². The molecule has 0 saturated heterocycles. The lowest BCUT2D eigenvalue weighted by atomic mass is 10.2. The number of pyridine rings is 1. The zero-order valence-electron chi connectivity index (χ0n) is 9.81. The summed E-state index contributed by atoms with van der Waals surface area (Å²) >= 11 is 6.26. The Morgan fingerprint density at radius 1 is 1.11 bits per heavy atom. The van der Waals surface area contributed by atoms with Gasteiger partial charge in [-0.1, -0.05) is 35.6 Å². The van der Waals surface area contributed by atoms with Crippen molar-refractivity contribution in [2.75, 3.05) is 0 Å². The molecule has 3 nitrogen and oxygen atoms in total. The van der Waals surface area contributed by atoms with Gasteiger partial charge in [-0.3, -0.25) is 0 Å². The molecule has 3 rings (SSSR count). The molecule has 3 aromatic rings. The highest BCUT2D eigenvalue weighted by Crippen LogP contribution is 2.24. The summed E-state index contributed by atoms with van der Waals surface area (Å²) in [7, 11) is 0. The number of para-hydroxylation sites is 1. The summed E-state index contributed by atoms with van der Waals surface area (Å²) in [6.45, 7) is 0. The minimum Gasteiger partial charge on any atom is -0.507 e. The van der Waals surface area contributed by atoms with Gasteiger partial charge in [-0.2, -0.15) is 0 Å². The van der Waals surface area contributed by atoms with Gasteiger partial charge in [0.05, 0.1) is 16.1 Å². The van der Waals surface area contributed by atoms with Crippen molar-refractivity contribution in [2.45, 2.75) is 0 Å². The molecule has 2 aromatic heterocycles. The van der Waals surface area contributed by atoms with E-state index in [4.69, 9.17) is 11.6 Å². The average Bonchev–Trinajstić information content (AvgIpc) is 2.89. The van der Waals surface area contributed by atoms with Gasteiger partial charge in [-0.25, -0.2) is 4.98 Å². The van der Waals surface area contributed by atoms with Crippen LogP contribution in [0, 0.1) is 11.8 Å². The summed E-state index contributed by atoms with van der Waals surface area (Å²) in [5.41, 5.74) is 1.93. The van der Waals surface area contributed by atoms with Crippen LogP contribution in [0.4, 0.5) is 0 Å². The number of rotatable bonds is 0. The van der Waals surface area contributed by atoms with Crippen molar-refractivity contribution in [1.82, 2.24) is 9.97 Å². The Kier molecular flexibility index (Phi) is 2.86. The van der Waals surface area contributed by atoms with Gasteiger partial charge in [0.2, 0.25) is 0 Å². The predicted molar refractivity (Wildman–Crippen MR) is 75.2 cm³/mol. The fourth-order valence-corrected chi connectivity index (χ4v) is 2.03. The quantitative estimate of drug-likeness (QED) is 0.615. The van der Waals surface area contributed by atoms with E-state index < -0.39 is 0 Å². The lowest BCUT2D eigenvalue weighted by molar-refractivity contribution is 0.473. The number of benzene rings is 1. The van der Waals surface area contributed by atoms with Gasteiger partial charge in [0.1, 0.15) is 11.4 Å². The van der Waals surface area contributed by atoms with E-state index >= 15 is 0 Å². The minimum atomic E-state index is 0.154. The Morgan fingerprint density at radius 2 is 1.89 bits per heavy atom. The lowest BCUT2D eigenvalue weighted by Gasteiger charge is -1.97. The largest absolute Gasteiger partial charge is 0.507 e. The predicted octanol–water partition coefficient (Wildman–Crippen LogP) is 3.32. The van der Waals surface area contributed by atoms with Gasteiger partial charge >= 0.3 is 0 Å². The summed E-state index contributed by atoms with van der Waals surface area (Å²) in [6, 6.07) is 8.77. The molecular weight excluding hydrogens is 260 g/mol. The second-order valence-electron chi connectivity index (χ2n) is 3.99. The molecule has 0 fully saturated rings. The molecule has 0 aliphatic heterocycles. The third kappa shape index (κ3) is 2.14. The van der Waals surface area contributed by atoms with Crippen LogP contribution < -0.4 is 0 Å². The molecule has 2 heterocycles. The highest BCUT2D eigenvalue weighted by molar-refractivity contribution is 6.36. The second kappa shape index (κ2) is 4.68. The van der Waals surface area contributed by atoms with E-state index in [0.29, 0.717) is 16.1 Å². The highest BCUT2D eigenvalue weighted by Gasteiger charge is 2.05. The fourth-order valence-electron chi connectivity index (χ4n) is 1.78. The van der Waals surface area contributed by atoms with Crippen molar-refractivity contribution >= 4 is 22.6 Å². The molecule has 19 heavy (non-hydrogen) atoms. The standard InChI is InChI=1S/C15H9ClN2O/c16-14-11(9-18-15-12(14)7-8-17-15)6-5-10-3-1-2-4-13(10)19/h1-4,7-9,19H,(H,17,18). The monoisotopic (exact) mass is 268 g/mol. The van der Waals surface area contributed by atoms with Crippen LogP contribution in [-0.4, -0.2) is 15.1 Å². The lowest BCUT2D eigenvalue weighted by Crippen LogP contribution is -1.83. The van der Waals surface area contributed by atoms with E-state index in [1.807, 2.05) is 12.1 Å². The number of fused-ring (bicyclic) bond motifs is 1. The average molecular weight is 269 g/mol. The number of hydrogen-bond acceptors (Lipinski definition) is 2. The van der Waals surface area contributed by atoms with Crippen LogP contribution in [0.25, 0.3) is 11.0 Å². The van der Waals surface area contributed by atoms with E-state index in [0.717, 1.165) is 11.0 Å². The van der Waals surface area contributed by atoms with Crippen LogP contribution in [0.2, 0.25) is 5.02 Å². The molecular formula is C15H9ClN2O. The normalized spacial score (nSPS) is 10.2. The van der Waals surface area contributed by atoms with Crippen molar-refractivity contribution in [1.29, 1.82) is 0 Å². The van der Waals surface area contributed by atoms with E-state index in [-0.39, 0.29) is 5.75 Å². The van der Waals surface area contributed by atoms with Gasteiger partial charge in [-0.15, -0.1) is 0 Å². The molecule has 0 saturated carbocycles. The molecule has 0 atom stereocenters. The Labute approximate surface area is 114 Å². The van der Waals surface area contributed by atoms with E-state index in [9.17, 15) is 5.11 Å². The number of aromatic hydroxyl groups is 1. The second-order valence-corrected chi connectivity index (χ2v) is 4.37. The molecule has 4 heteroatoms. The number of nitrogens with one attached hydrogen (secondary N) is 1. The molecule has 0 bridgehead atoms. The van der Waals surface area contributed by atoms with Gasteiger partial charge in [-0.05, 0) is 18.2 Å². The first-order chi connectivity index (χ1) is 9.25. The van der Waals surface area contributed by atoms with Crippen LogP contribution in [-0.2, 0) is 0 Å². The minimum absolute atomic E-state index is 0.154. The van der Waals surface area contributed by atoms with Crippen LogP contribution in [0.1, 0.15) is 11.1 Å². The summed E-state index contributed by atoms with van der Waals surface area (Å²) in [5.74, 6) is 5.98. The Hall–Kier alpha value is -2.44. The van der Waals surface area contributed by atoms with Gasteiger partial charge < -0.3 is 10.1 Å². The number of halogens is 1. The number of nitrogens with zero attached hydrogens (tertiary/aromatic N) is 1. The molecule has 0 amide bonds. The van der Waals surface area contributed by atoms with Crippen LogP contribution in [0.3, 0.4) is 0 Å². The maximum absolute atomic E-state index is 9.64. The van der Waals surface area contributed by atoms with E-state index in [2.05, 4.69) is 21.8 Å². The summed E-state index contributed by atoms with van der Waals surface area (Å²) in [5, 5.41) is 11.0. The molecule has 92 valence electrons. The molecule has 0 radical (unpaired) electrons. The Balaban J connectivity index is 2.07. The highest BCUT2D eigenvalue weighted by atomic mass is 35.5.